The lowest BCUT2D eigenvalue weighted by molar-refractivity contribution is -0.261. The van der Waals surface area contributed by atoms with Crippen LogP contribution in [0.25, 0.3) is 0 Å². The van der Waals surface area contributed by atoms with Crippen LogP contribution in [0.4, 0.5) is 4.79 Å². The molecule has 0 aromatic rings. The fourth-order valence-corrected chi connectivity index (χ4v) is 6.71. The number of fused-ring (bicyclic) bond motifs is 9. The second-order valence-electron chi connectivity index (χ2n) is 8.71. The highest BCUT2D eigenvalue weighted by Crippen LogP contribution is 2.70. The van der Waals surface area contributed by atoms with Crippen LogP contribution in [0.15, 0.2) is 12.2 Å². The Morgan fingerprint density at radius 3 is 2.31 bits per heavy atom. The van der Waals surface area contributed by atoms with E-state index < -0.39 is 12.1 Å². The molecule has 0 amide bonds. The lowest BCUT2D eigenvalue weighted by Gasteiger charge is -2.34. The van der Waals surface area contributed by atoms with E-state index in [1.807, 2.05) is 6.92 Å². The molecule has 8 nitrogen and oxygen atoms in total. The summed E-state index contributed by atoms with van der Waals surface area (Å²) >= 11 is 0. The molecule has 0 aliphatic heterocycles. The first-order valence-corrected chi connectivity index (χ1v) is 10.5. The minimum atomic E-state index is -0.999. The minimum absolute atomic E-state index is 0.0162. The first-order chi connectivity index (χ1) is 14.0. The molecule has 4 aliphatic carbocycles. The Balaban J connectivity index is 1.41. The van der Waals surface area contributed by atoms with Gasteiger partial charge in [-0.1, -0.05) is 32.4 Å². The van der Waals surface area contributed by atoms with Crippen molar-refractivity contribution in [2.45, 2.75) is 33.1 Å². The molecule has 0 heterocycles. The number of hydrogen-bond acceptors (Lipinski definition) is 8. The van der Waals surface area contributed by atoms with Gasteiger partial charge in [0, 0.05) is 0 Å². The molecule has 0 radical (unpaired) electrons. The first kappa shape index (κ1) is 20.2. The summed E-state index contributed by atoms with van der Waals surface area (Å²) < 4.78 is 4.84. The van der Waals surface area contributed by atoms with Crippen LogP contribution in [0.1, 0.15) is 33.1 Å². The third kappa shape index (κ3) is 3.21. The van der Waals surface area contributed by atoms with Gasteiger partial charge < -0.3 is 4.74 Å². The molecule has 160 valence electrons. The molecule has 4 bridgehead atoms. The van der Waals surface area contributed by atoms with Crippen molar-refractivity contribution in [3.8, 4) is 0 Å². The first-order valence-electron chi connectivity index (χ1n) is 10.5. The van der Waals surface area contributed by atoms with Crippen molar-refractivity contribution < 1.29 is 38.7 Å². The average molecular weight is 408 g/mol. The molecule has 0 saturated heterocycles. The Kier molecular flexibility index (Phi) is 5.55. The van der Waals surface area contributed by atoms with Crippen molar-refractivity contribution in [1.82, 2.24) is 0 Å². The quantitative estimate of drug-likeness (QED) is 0.165. The van der Waals surface area contributed by atoms with Crippen molar-refractivity contribution >= 4 is 18.1 Å². The fraction of sp³-hybridized carbons (Fsp3) is 0.762. The predicted octanol–water partition coefficient (Wildman–Crippen LogP) is 3.07. The van der Waals surface area contributed by atoms with E-state index in [4.69, 9.17) is 14.5 Å². The highest BCUT2D eigenvalue weighted by atomic mass is 17.2. The fourth-order valence-electron chi connectivity index (χ4n) is 6.71. The van der Waals surface area contributed by atoms with Crippen LogP contribution in [-0.4, -0.2) is 31.8 Å². The second-order valence-corrected chi connectivity index (χ2v) is 8.71. The van der Waals surface area contributed by atoms with E-state index in [9.17, 15) is 14.4 Å². The SMILES string of the molecule is CCCCOC(=O)OOC(=O)C1C2C=CC1C1C2C2CC(C)C1C2C(=O)OOC. The number of ether oxygens (including phenoxy) is 1. The number of hydrogen-bond donors (Lipinski definition) is 0. The molecular weight excluding hydrogens is 380 g/mol. The van der Waals surface area contributed by atoms with Crippen LogP contribution in [-0.2, 0) is 33.9 Å². The summed E-state index contributed by atoms with van der Waals surface area (Å²) in [6.07, 6.45) is 5.66. The third-order valence-corrected chi connectivity index (χ3v) is 7.45. The second kappa shape index (κ2) is 7.97. The van der Waals surface area contributed by atoms with E-state index in [0.717, 1.165) is 19.3 Å². The van der Waals surface area contributed by atoms with Crippen LogP contribution >= 0.6 is 0 Å². The maximum Gasteiger partial charge on any atom is 0.549 e. The van der Waals surface area contributed by atoms with Crippen LogP contribution < -0.4 is 0 Å². The number of carbonyl (C=O) groups excluding carboxylic acids is 3. The summed E-state index contributed by atoms with van der Waals surface area (Å²) in [7, 11) is 1.34. The van der Waals surface area contributed by atoms with Crippen LogP contribution in [0, 0.1) is 53.3 Å². The number of rotatable bonds is 6. The molecule has 9 unspecified atom stereocenters. The van der Waals surface area contributed by atoms with E-state index in [1.54, 1.807) is 0 Å². The molecule has 0 N–H and O–H groups in total. The summed E-state index contributed by atoms with van der Waals surface area (Å²) in [6.45, 7) is 4.36. The van der Waals surface area contributed by atoms with Gasteiger partial charge in [0.2, 0.25) is 0 Å². The smallest absolute Gasteiger partial charge is 0.432 e. The van der Waals surface area contributed by atoms with Gasteiger partial charge in [0.15, 0.2) is 0 Å². The van der Waals surface area contributed by atoms with Gasteiger partial charge in [0.05, 0.1) is 25.6 Å². The van der Waals surface area contributed by atoms with E-state index >= 15 is 0 Å². The molecule has 4 aliphatic rings. The normalized spacial score (nSPS) is 40.6. The van der Waals surface area contributed by atoms with Crippen molar-refractivity contribution in [3.63, 3.8) is 0 Å². The Labute approximate surface area is 169 Å². The summed E-state index contributed by atoms with van der Waals surface area (Å²) in [5, 5.41) is 0. The number of carbonyl (C=O) groups is 3. The number of allylic oxidation sites excluding steroid dienone is 2. The van der Waals surface area contributed by atoms with Crippen LogP contribution in [0.3, 0.4) is 0 Å². The van der Waals surface area contributed by atoms with E-state index in [2.05, 4.69) is 28.9 Å². The lowest BCUT2D eigenvalue weighted by Crippen LogP contribution is -2.31. The van der Waals surface area contributed by atoms with E-state index in [-0.39, 0.29) is 59.9 Å². The molecule has 0 aromatic carbocycles. The minimum Gasteiger partial charge on any atom is -0.432 e. The largest absolute Gasteiger partial charge is 0.549 e. The zero-order valence-electron chi connectivity index (χ0n) is 16.9. The Bertz CT molecular complexity index is 703. The van der Waals surface area contributed by atoms with Crippen LogP contribution in [0.2, 0.25) is 0 Å². The van der Waals surface area contributed by atoms with Gasteiger partial charge in [0.1, 0.15) is 0 Å². The zero-order valence-corrected chi connectivity index (χ0v) is 16.9. The summed E-state index contributed by atoms with van der Waals surface area (Å²) in [5.41, 5.74) is 0. The van der Waals surface area contributed by atoms with Crippen molar-refractivity contribution in [2.24, 2.45) is 53.3 Å². The van der Waals surface area contributed by atoms with Crippen LogP contribution in [0.5, 0.6) is 0 Å². The van der Waals surface area contributed by atoms with Gasteiger partial charge in [0.25, 0.3) is 0 Å². The summed E-state index contributed by atoms with van der Waals surface area (Å²) in [6, 6.07) is 0. The Morgan fingerprint density at radius 2 is 1.62 bits per heavy atom. The van der Waals surface area contributed by atoms with Gasteiger partial charge >= 0.3 is 18.1 Å². The molecule has 0 spiro atoms. The highest BCUT2D eigenvalue weighted by molar-refractivity contribution is 5.77. The molecule has 4 rings (SSSR count). The van der Waals surface area contributed by atoms with Gasteiger partial charge in [-0.25, -0.2) is 19.4 Å². The van der Waals surface area contributed by atoms with Crippen molar-refractivity contribution in [1.29, 1.82) is 0 Å². The maximum absolute atomic E-state index is 12.7. The summed E-state index contributed by atoms with van der Waals surface area (Å²) in [4.78, 5) is 55.6. The third-order valence-electron chi connectivity index (χ3n) is 7.45. The zero-order chi connectivity index (χ0) is 20.7. The monoisotopic (exact) mass is 408 g/mol. The molecule has 0 aromatic heterocycles. The van der Waals surface area contributed by atoms with Gasteiger partial charge in [-0.15, -0.1) is 0 Å². The van der Waals surface area contributed by atoms with Gasteiger partial charge in [-0.3, -0.25) is 4.89 Å². The molecule has 3 fully saturated rings. The Morgan fingerprint density at radius 1 is 0.931 bits per heavy atom. The predicted molar refractivity (Wildman–Crippen MR) is 97.4 cm³/mol. The average Bonchev–Trinajstić information content (AvgIpc) is 3.42. The van der Waals surface area contributed by atoms with Crippen molar-refractivity contribution in [2.75, 3.05) is 13.7 Å². The van der Waals surface area contributed by atoms with Gasteiger partial charge in [-0.05, 0) is 54.3 Å². The lowest BCUT2D eigenvalue weighted by atomic mass is 9.70. The molecule has 3 saturated carbocycles. The highest BCUT2D eigenvalue weighted by Gasteiger charge is 2.70. The van der Waals surface area contributed by atoms with E-state index in [0.29, 0.717) is 5.92 Å². The maximum atomic E-state index is 12.7. The molecule has 8 heteroatoms. The summed E-state index contributed by atoms with van der Waals surface area (Å²) in [5.74, 6) is -0.310. The topological polar surface area (TPSA) is 97.4 Å². The molecule has 29 heavy (non-hydrogen) atoms. The molecule has 9 atom stereocenters. The Hall–Kier alpha value is -2.09. The van der Waals surface area contributed by atoms with Crippen molar-refractivity contribution in [3.05, 3.63) is 12.2 Å². The van der Waals surface area contributed by atoms with E-state index in [1.165, 1.54) is 7.11 Å². The molecular formula is C21H28O8. The standard InChI is InChI=1S/C21H28O8/c1-4-5-8-26-21(24)29-28-19(22)16-11-6-7-12(16)17-14-10(2)9-13(15(11)17)18(14)20(23)27-25-3/h6-7,10-18H,4-5,8-9H2,1-3H3. The van der Waals surface area contributed by atoms with Gasteiger partial charge in [-0.2, -0.15) is 9.68 Å². The number of unbranched alkanes of at least 4 members (excludes halogenated alkanes) is 1.